The van der Waals surface area contributed by atoms with E-state index in [9.17, 15) is 4.79 Å². The Hall–Kier alpha value is -2.42. The summed E-state index contributed by atoms with van der Waals surface area (Å²) in [5, 5.41) is 0. The number of nitrogens with zero attached hydrogens (tertiary/aromatic N) is 2. The Morgan fingerprint density at radius 2 is 1.74 bits per heavy atom. The van der Waals surface area contributed by atoms with Crippen LogP contribution in [0.5, 0.6) is 0 Å². The van der Waals surface area contributed by atoms with E-state index < -0.39 is 0 Å². The van der Waals surface area contributed by atoms with E-state index in [1.54, 1.807) is 24.5 Å². The number of hydrogen-bond donors (Lipinski definition) is 0. The van der Waals surface area contributed by atoms with E-state index in [0.29, 0.717) is 0 Å². The smallest absolute Gasteiger partial charge is 0.185 e. The zero-order valence-corrected chi connectivity index (χ0v) is 13.3. The summed E-state index contributed by atoms with van der Waals surface area (Å²) in [6.07, 6.45) is 12.0. The van der Waals surface area contributed by atoms with Gasteiger partial charge in [-0.3, -0.25) is 9.78 Å². The third-order valence-electron chi connectivity index (χ3n) is 4.23. The van der Waals surface area contributed by atoms with Crippen molar-refractivity contribution >= 4 is 17.5 Å². The summed E-state index contributed by atoms with van der Waals surface area (Å²) in [6, 6.07) is 11.8. The lowest BCUT2D eigenvalue weighted by atomic mass is 10.1. The van der Waals surface area contributed by atoms with Gasteiger partial charge in [0.2, 0.25) is 0 Å². The molecule has 1 aromatic heterocycles. The van der Waals surface area contributed by atoms with E-state index in [1.807, 2.05) is 24.3 Å². The van der Waals surface area contributed by atoms with Crippen molar-refractivity contribution in [2.45, 2.75) is 25.7 Å². The second kappa shape index (κ2) is 7.73. The molecule has 0 spiro atoms. The van der Waals surface area contributed by atoms with Crippen LogP contribution < -0.4 is 4.90 Å². The van der Waals surface area contributed by atoms with Gasteiger partial charge in [-0.25, -0.2) is 0 Å². The van der Waals surface area contributed by atoms with Gasteiger partial charge in [0.05, 0.1) is 0 Å². The van der Waals surface area contributed by atoms with E-state index in [1.165, 1.54) is 31.4 Å². The molecular formula is C20H22N2O. The van der Waals surface area contributed by atoms with Crippen molar-refractivity contribution < 1.29 is 4.79 Å². The van der Waals surface area contributed by atoms with Crippen molar-refractivity contribution in [1.29, 1.82) is 0 Å². The average Bonchev–Trinajstić information content (AvgIpc) is 2.90. The van der Waals surface area contributed by atoms with Crippen molar-refractivity contribution in [3.8, 4) is 0 Å². The molecule has 0 unspecified atom stereocenters. The number of carbonyl (C=O) groups is 1. The van der Waals surface area contributed by atoms with Crippen LogP contribution in [0.1, 0.15) is 41.6 Å². The van der Waals surface area contributed by atoms with Crippen LogP contribution >= 0.6 is 0 Å². The Balaban J connectivity index is 1.66. The van der Waals surface area contributed by atoms with Crippen LogP contribution in [0.25, 0.3) is 6.08 Å². The summed E-state index contributed by atoms with van der Waals surface area (Å²) in [4.78, 5) is 18.7. The Bertz CT molecular complexity index is 654. The molecule has 1 aliphatic heterocycles. The summed E-state index contributed by atoms with van der Waals surface area (Å²) in [7, 11) is 0. The van der Waals surface area contributed by atoms with Gasteiger partial charge in [-0.1, -0.05) is 18.9 Å². The number of pyridine rings is 1. The Kier molecular flexibility index (Phi) is 5.20. The molecule has 0 aliphatic carbocycles. The minimum absolute atomic E-state index is 0.0243. The first kappa shape index (κ1) is 15.5. The van der Waals surface area contributed by atoms with E-state index in [4.69, 9.17) is 0 Å². The first-order chi connectivity index (χ1) is 11.3. The first-order valence-corrected chi connectivity index (χ1v) is 8.30. The maximum Gasteiger partial charge on any atom is 0.185 e. The van der Waals surface area contributed by atoms with Crippen LogP contribution in [0.3, 0.4) is 0 Å². The maximum atomic E-state index is 12.2. The van der Waals surface area contributed by atoms with Crippen LogP contribution in [0, 0.1) is 0 Å². The predicted octanol–water partition coefficient (Wildman–Crippen LogP) is 4.36. The molecule has 1 aromatic carbocycles. The molecule has 2 heterocycles. The molecule has 1 saturated heterocycles. The molecular weight excluding hydrogens is 284 g/mol. The van der Waals surface area contributed by atoms with Gasteiger partial charge in [-0.05, 0) is 60.9 Å². The minimum Gasteiger partial charge on any atom is -0.372 e. The zero-order valence-electron chi connectivity index (χ0n) is 13.3. The molecule has 3 heteroatoms. The Labute approximate surface area is 137 Å². The third kappa shape index (κ3) is 4.28. The van der Waals surface area contributed by atoms with Crippen molar-refractivity contribution in [3.63, 3.8) is 0 Å². The summed E-state index contributed by atoms with van der Waals surface area (Å²) < 4.78 is 0. The molecule has 0 bridgehead atoms. The first-order valence-electron chi connectivity index (χ1n) is 8.30. The second-order valence-electron chi connectivity index (χ2n) is 5.93. The van der Waals surface area contributed by atoms with Gasteiger partial charge in [-0.15, -0.1) is 0 Å². The number of ketones is 1. The highest BCUT2D eigenvalue weighted by atomic mass is 16.1. The minimum atomic E-state index is 0.0243. The summed E-state index contributed by atoms with van der Waals surface area (Å²) in [6.45, 7) is 2.24. The summed E-state index contributed by atoms with van der Waals surface area (Å²) in [5.41, 5.74) is 2.88. The lowest BCUT2D eigenvalue weighted by Crippen LogP contribution is -2.23. The normalized spacial score (nSPS) is 15.6. The fourth-order valence-corrected chi connectivity index (χ4v) is 2.91. The van der Waals surface area contributed by atoms with Gasteiger partial charge in [0.15, 0.2) is 5.78 Å². The number of benzene rings is 1. The van der Waals surface area contributed by atoms with Crippen LogP contribution in [0.15, 0.2) is 54.9 Å². The van der Waals surface area contributed by atoms with Gasteiger partial charge in [-0.2, -0.15) is 0 Å². The molecule has 0 atom stereocenters. The van der Waals surface area contributed by atoms with Crippen LogP contribution in [0.4, 0.5) is 5.69 Å². The number of aromatic nitrogens is 1. The zero-order chi connectivity index (χ0) is 15.9. The van der Waals surface area contributed by atoms with Crippen molar-refractivity contribution in [3.05, 3.63) is 66.0 Å². The number of allylic oxidation sites excluding steroid dienone is 1. The highest BCUT2D eigenvalue weighted by molar-refractivity contribution is 6.06. The largest absolute Gasteiger partial charge is 0.372 e. The van der Waals surface area contributed by atoms with E-state index >= 15 is 0 Å². The van der Waals surface area contributed by atoms with E-state index in [0.717, 1.165) is 24.2 Å². The van der Waals surface area contributed by atoms with Crippen molar-refractivity contribution in [2.75, 3.05) is 18.0 Å². The Morgan fingerprint density at radius 3 is 2.39 bits per heavy atom. The van der Waals surface area contributed by atoms with Crippen LogP contribution in [-0.2, 0) is 0 Å². The molecule has 1 fully saturated rings. The highest BCUT2D eigenvalue weighted by Gasteiger charge is 2.10. The molecule has 1 aliphatic rings. The fraction of sp³-hybridized carbons (Fsp3) is 0.300. The predicted molar refractivity (Wildman–Crippen MR) is 94.7 cm³/mol. The molecule has 23 heavy (non-hydrogen) atoms. The van der Waals surface area contributed by atoms with Gasteiger partial charge < -0.3 is 4.90 Å². The quantitative estimate of drug-likeness (QED) is 0.621. The third-order valence-corrected chi connectivity index (χ3v) is 4.23. The van der Waals surface area contributed by atoms with Gasteiger partial charge >= 0.3 is 0 Å². The Morgan fingerprint density at radius 1 is 1.00 bits per heavy atom. The molecule has 0 radical (unpaired) electrons. The summed E-state index contributed by atoms with van der Waals surface area (Å²) >= 11 is 0. The standard InChI is InChI=1S/C20H22N2O/c23-20(12-7-17-6-5-13-21-16-17)18-8-10-19(11-9-18)22-14-3-1-2-4-15-22/h5-13,16H,1-4,14-15H2/b12-7+. The fourth-order valence-electron chi connectivity index (χ4n) is 2.91. The SMILES string of the molecule is O=C(/C=C/c1cccnc1)c1ccc(N2CCCCCC2)cc1. The van der Waals surface area contributed by atoms with Gasteiger partial charge in [0.25, 0.3) is 0 Å². The molecule has 2 aromatic rings. The monoisotopic (exact) mass is 306 g/mol. The lowest BCUT2D eigenvalue weighted by molar-refractivity contribution is 0.104. The number of rotatable bonds is 4. The van der Waals surface area contributed by atoms with E-state index in [-0.39, 0.29) is 5.78 Å². The second-order valence-corrected chi connectivity index (χ2v) is 5.93. The topological polar surface area (TPSA) is 33.2 Å². The van der Waals surface area contributed by atoms with Gasteiger partial charge in [0, 0.05) is 36.7 Å². The average molecular weight is 306 g/mol. The van der Waals surface area contributed by atoms with Crippen LogP contribution in [-0.4, -0.2) is 23.9 Å². The molecule has 118 valence electrons. The molecule has 0 N–H and O–H groups in total. The van der Waals surface area contributed by atoms with Crippen LogP contribution in [0.2, 0.25) is 0 Å². The van der Waals surface area contributed by atoms with E-state index in [2.05, 4.69) is 22.0 Å². The molecule has 0 amide bonds. The van der Waals surface area contributed by atoms with Crippen molar-refractivity contribution in [1.82, 2.24) is 4.98 Å². The maximum absolute atomic E-state index is 12.2. The number of carbonyl (C=O) groups excluding carboxylic acids is 1. The lowest BCUT2D eigenvalue weighted by Gasteiger charge is -2.22. The molecule has 3 nitrogen and oxygen atoms in total. The summed E-state index contributed by atoms with van der Waals surface area (Å²) in [5.74, 6) is 0.0243. The van der Waals surface area contributed by atoms with Gasteiger partial charge in [0.1, 0.15) is 0 Å². The highest BCUT2D eigenvalue weighted by Crippen LogP contribution is 2.20. The number of anilines is 1. The molecule has 0 saturated carbocycles. The molecule has 3 rings (SSSR count). The van der Waals surface area contributed by atoms with Crippen molar-refractivity contribution in [2.24, 2.45) is 0 Å². The number of hydrogen-bond acceptors (Lipinski definition) is 3.